The fourth-order valence-corrected chi connectivity index (χ4v) is 4.21. The highest BCUT2D eigenvalue weighted by Crippen LogP contribution is 2.32. The molecule has 1 aliphatic carbocycles. The molecule has 0 N–H and O–H groups in total. The zero-order chi connectivity index (χ0) is 11.1. The maximum absolute atomic E-state index is 2.26. The summed E-state index contributed by atoms with van der Waals surface area (Å²) in [5, 5.41) is 0. The van der Waals surface area contributed by atoms with Crippen molar-refractivity contribution in [3.63, 3.8) is 0 Å². The summed E-state index contributed by atoms with van der Waals surface area (Å²) in [4.78, 5) is 0. The van der Waals surface area contributed by atoms with Crippen LogP contribution in [0.4, 0.5) is 0 Å². The van der Waals surface area contributed by atoms with Gasteiger partial charge in [0.25, 0.3) is 0 Å². The summed E-state index contributed by atoms with van der Waals surface area (Å²) >= 11 is 0. The van der Waals surface area contributed by atoms with Crippen LogP contribution in [0.3, 0.4) is 0 Å². The second-order valence-corrected chi connectivity index (χ2v) is 6.60. The maximum atomic E-state index is 2.26. The highest BCUT2D eigenvalue weighted by Gasteiger charge is 2.11. The zero-order valence-corrected chi connectivity index (χ0v) is 11.1. The number of hydrogen-bond acceptors (Lipinski definition) is 0. The Hall–Kier alpha value is -0.350. The number of hydrogen-bond donors (Lipinski definition) is 0. The van der Waals surface area contributed by atoms with Gasteiger partial charge in [-0.1, -0.05) is 56.0 Å². The first kappa shape index (κ1) is 12.1. The van der Waals surface area contributed by atoms with Gasteiger partial charge in [-0.05, 0) is 36.6 Å². The Bertz CT molecular complexity index is 273. The van der Waals surface area contributed by atoms with Crippen molar-refractivity contribution in [2.75, 3.05) is 6.16 Å². The van der Waals surface area contributed by atoms with Crippen LogP contribution in [0, 0.1) is 0 Å². The molecule has 1 atom stereocenters. The minimum absolute atomic E-state index is 1.06. The van der Waals surface area contributed by atoms with Gasteiger partial charge < -0.3 is 0 Å². The van der Waals surface area contributed by atoms with Gasteiger partial charge in [0.05, 0.1) is 0 Å². The molecule has 0 nitrogen and oxygen atoms in total. The second kappa shape index (κ2) is 7.07. The molecule has 0 amide bonds. The van der Waals surface area contributed by atoms with Crippen LogP contribution < -0.4 is 0 Å². The predicted molar refractivity (Wildman–Crippen MR) is 74.8 cm³/mol. The molecule has 1 heteroatoms. The van der Waals surface area contributed by atoms with E-state index in [4.69, 9.17) is 0 Å². The van der Waals surface area contributed by atoms with Crippen LogP contribution in [0.1, 0.15) is 44.1 Å². The summed E-state index contributed by atoms with van der Waals surface area (Å²) in [6, 6.07) is 10.9. The van der Waals surface area contributed by atoms with Gasteiger partial charge in [0, 0.05) is 0 Å². The topological polar surface area (TPSA) is 0 Å². The van der Waals surface area contributed by atoms with Crippen molar-refractivity contribution in [1.29, 1.82) is 0 Å². The highest BCUT2D eigenvalue weighted by molar-refractivity contribution is 7.38. The van der Waals surface area contributed by atoms with Gasteiger partial charge in [0.2, 0.25) is 0 Å². The van der Waals surface area contributed by atoms with E-state index in [9.17, 15) is 0 Å². The lowest BCUT2D eigenvalue weighted by atomic mass is 10.2. The van der Waals surface area contributed by atoms with Crippen molar-refractivity contribution in [2.45, 2.75) is 50.6 Å². The standard InChI is InChI=1S/C15H23P/c1-2-7-11-15(10-6-1)16-13-12-14-8-4-3-5-9-14/h3-5,8-9,15-16H,1-2,6-7,10-13H2. The fourth-order valence-electron chi connectivity index (χ4n) is 2.55. The largest absolute Gasteiger partial charge is 0.119 e. The second-order valence-electron chi connectivity index (χ2n) is 4.88. The molecule has 1 unspecified atom stereocenters. The molecule has 0 saturated heterocycles. The lowest BCUT2D eigenvalue weighted by Gasteiger charge is -2.13. The van der Waals surface area contributed by atoms with Crippen LogP contribution in [-0.2, 0) is 6.42 Å². The van der Waals surface area contributed by atoms with E-state index in [2.05, 4.69) is 30.3 Å². The lowest BCUT2D eigenvalue weighted by Crippen LogP contribution is -2.00. The molecule has 88 valence electrons. The first-order valence-electron chi connectivity index (χ1n) is 6.72. The van der Waals surface area contributed by atoms with Crippen LogP contribution in [0.2, 0.25) is 0 Å². The Labute approximate surface area is 102 Å². The van der Waals surface area contributed by atoms with Crippen molar-refractivity contribution in [3.8, 4) is 0 Å². The van der Waals surface area contributed by atoms with Crippen molar-refractivity contribution in [3.05, 3.63) is 35.9 Å². The molecule has 1 fully saturated rings. The van der Waals surface area contributed by atoms with Crippen molar-refractivity contribution >= 4 is 8.58 Å². The lowest BCUT2D eigenvalue weighted by molar-refractivity contribution is 0.702. The molecule has 1 aromatic rings. The molecule has 0 aromatic heterocycles. The highest BCUT2D eigenvalue weighted by atomic mass is 31.1. The van der Waals surface area contributed by atoms with Gasteiger partial charge in [-0.2, -0.15) is 0 Å². The molecule has 1 aliphatic rings. The van der Waals surface area contributed by atoms with E-state index in [0.29, 0.717) is 0 Å². The molecule has 0 bridgehead atoms. The van der Waals surface area contributed by atoms with E-state index in [1.165, 1.54) is 65.3 Å². The van der Waals surface area contributed by atoms with Crippen LogP contribution >= 0.6 is 8.58 Å². The van der Waals surface area contributed by atoms with E-state index >= 15 is 0 Å². The first-order chi connectivity index (χ1) is 7.95. The monoisotopic (exact) mass is 234 g/mol. The Kier molecular flexibility index (Phi) is 5.35. The third-order valence-electron chi connectivity index (χ3n) is 3.54. The summed E-state index contributed by atoms with van der Waals surface area (Å²) in [6.07, 6.45) is 11.7. The van der Waals surface area contributed by atoms with E-state index in [-0.39, 0.29) is 0 Å². The Morgan fingerprint density at radius 1 is 0.938 bits per heavy atom. The summed E-state index contributed by atoms with van der Waals surface area (Å²) in [7, 11) is 1.20. The Balaban J connectivity index is 1.67. The minimum Gasteiger partial charge on any atom is -0.119 e. The van der Waals surface area contributed by atoms with Gasteiger partial charge in [0.1, 0.15) is 0 Å². The molecule has 0 heterocycles. The molecule has 0 aliphatic heterocycles. The van der Waals surface area contributed by atoms with Gasteiger partial charge >= 0.3 is 0 Å². The van der Waals surface area contributed by atoms with E-state index in [0.717, 1.165) is 5.66 Å². The van der Waals surface area contributed by atoms with Crippen LogP contribution in [-0.4, -0.2) is 11.8 Å². The average molecular weight is 234 g/mol. The molecular formula is C15H23P. The van der Waals surface area contributed by atoms with Gasteiger partial charge in [-0.3, -0.25) is 0 Å². The molecule has 1 saturated carbocycles. The molecule has 1 aromatic carbocycles. The quantitative estimate of drug-likeness (QED) is 0.526. The van der Waals surface area contributed by atoms with Crippen LogP contribution in [0.15, 0.2) is 30.3 Å². The Morgan fingerprint density at radius 3 is 2.31 bits per heavy atom. The number of rotatable bonds is 4. The molecule has 0 spiro atoms. The smallest absolute Gasteiger partial charge is 0.0237 e. The first-order valence-corrected chi connectivity index (χ1v) is 8.01. The summed E-state index contributed by atoms with van der Waals surface area (Å²) in [6.45, 7) is 0. The summed E-state index contributed by atoms with van der Waals surface area (Å²) in [5.74, 6) is 0. The molecular weight excluding hydrogens is 211 g/mol. The predicted octanol–water partition coefficient (Wildman–Crippen LogP) is 4.63. The fraction of sp³-hybridized carbons (Fsp3) is 0.600. The third kappa shape index (κ3) is 4.26. The van der Waals surface area contributed by atoms with E-state index in [1.54, 1.807) is 0 Å². The van der Waals surface area contributed by atoms with E-state index < -0.39 is 0 Å². The zero-order valence-electron chi connectivity index (χ0n) is 10.1. The molecule has 16 heavy (non-hydrogen) atoms. The summed E-state index contributed by atoms with van der Waals surface area (Å²) < 4.78 is 0. The SMILES string of the molecule is c1ccc(CCPC2CCCCCC2)cc1. The van der Waals surface area contributed by atoms with E-state index in [1.807, 2.05) is 0 Å². The van der Waals surface area contributed by atoms with Crippen molar-refractivity contribution in [2.24, 2.45) is 0 Å². The van der Waals surface area contributed by atoms with Gasteiger partial charge in [0.15, 0.2) is 0 Å². The van der Waals surface area contributed by atoms with Gasteiger partial charge in [-0.15, -0.1) is 8.58 Å². The summed E-state index contributed by atoms with van der Waals surface area (Å²) in [5.41, 5.74) is 2.58. The average Bonchev–Trinajstić information content (AvgIpc) is 2.59. The maximum Gasteiger partial charge on any atom is -0.0237 e. The van der Waals surface area contributed by atoms with Gasteiger partial charge in [-0.25, -0.2) is 0 Å². The minimum atomic E-state index is 1.06. The molecule has 2 rings (SSSR count). The molecule has 0 radical (unpaired) electrons. The normalized spacial score (nSPS) is 19.0. The third-order valence-corrected chi connectivity index (χ3v) is 5.24. The van der Waals surface area contributed by atoms with Crippen molar-refractivity contribution in [1.82, 2.24) is 0 Å². The number of aryl methyl sites for hydroxylation is 1. The van der Waals surface area contributed by atoms with Crippen LogP contribution in [0.25, 0.3) is 0 Å². The number of benzene rings is 1. The van der Waals surface area contributed by atoms with Crippen LogP contribution in [0.5, 0.6) is 0 Å². The van der Waals surface area contributed by atoms with Crippen molar-refractivity contribution < 1.29 is 0 Å². The Morgan fingerprint density at radius 2 is 1.62 bits per heavy atom.